The van der Waals surface area contributed by atoms with Gasteiger partial charge in [0.05, 0.1) is 12.1 Å². The van der Waals surface area contributed by atoms with E-state index in [1.165, 1.54) is 6.92 Å². The highest BCUT2D eigenvalue weighted by Crippen LogP contribution is 2.28. The number of halogens is 4. The number of hydrogen-bond acceptors (Lipinski definition) is 3. The molecule has 0 bridgehead atoms. The number of aryl methyl sites for hydroxylation is 1. The number of benzene rings is 1. The SMILES string of the molecule is Cc1cc(C(F)(F)F)nn1CC(=O)NC1(Cc2ccc(Cl)cc2)CCOC1. The second-order valence-electron chi connectivity index (χ2n) is 6.76. The molecule has 0 aliphatic carbocycles. The zero-order valence-electron chi connectivity index (χ0n) is 14.6. The summed E-state index contributed by atoms with van der Waals surface area (Å²) < 4.78 is 44.9. The average Bonchev–Trinajstić information content (AvgIpc) is 3.17. The van der Waals surface area contributed by atoms with Crippen molar-refractivity contribution in [2.24, 2.45) is 0 Å². The number of hydrogen-bond donors (Lipinski definition) is 1. The zero-order valence-corrected chi connectivity index (χ0v) is 15.4. The highest BCUT2D eigenvalue weighted by Gasteiger charge is 2.37. The van der Waals surface area contributed by atoms with Gasteiger partial charge in [0.25, 0.3) is 0 Å². The molecule has 146 valence electrons. The maximum Gasteiger partial charge on any atom is 0.435 e. The topological polar surface area (TPSA) is 56.2 Å². The maximum atomic E-state index is 12.8. The Bertz CT molecular complexity index is 812. The smallest absolute Gasteiger partial charge is 0.379 e. The Balaban J connectivity index is 1.70. The van der Waals surface area contributed by atoms with Crippen molar-refractivity contribution >= 4 is 17.5 Å². The molecule has 1 amide bonds. The van der Waals surface area contributed by atoms with E-state index in [1.807, 2.05) is 12.1 Å². The van der Waals surface area contributed by atoms with Gasteiger partial charge >= 0.3 is 6.18 Å². The van der Waals surface area contributed by atoms with E-state index >= 15 is 0 Å². The van der Waals surface area contributed by atoms with Crippen molar-refractivity contribution in [1.29, 1.82) is 0 Å². The molecule has 1 fully saturated rings. The van der Waals surface area contributed by atoms with E-state index < -0.39 is 23.3 Å². The molecule has 1 N–H and O–H groups in total. The molecular weight excluding hydrogens is 383 g/mol. The number of nitrogens with one attached hydrogen (secondary N) is 1. The Hall–Kier alpha value is -2.06. The third kappa shape index (κ3) is 4.81. The van der Waals surface area contributed by atoms with Gasteiger partial charge in [0.15, 0.2) is 5.69 Å². The van der Waals surface area contributed by atoms with Gasteiger partial charge in [-0.15, -0.1) is 0 Å². The number of carbonyl (C=O) groups is 1. The standard InChI is InChI=1S/C18H19ClF3N3O2/c1-12-8-15(18(20,21)22)24-25(12)10-16(26)23-17(6-7-27-11-17)9-13-2-4-14(19)5-3-13/h2-5,8H,6-7,9-11H2,1H3,(H,23,26). The third-order valence-corrected chi connectivity index (χ3v) is 4.78. The van der Waals surface area contributed by atoms with E-state index in [-0.39, 0.29) is 12.2 Å². The van der Waals surface area contributed by atoms with Crippen molar-refractivity contribution in [1.82, 2.24) is 15.1 Å². The molecule has 3 rings (SSSR count). The Morgan fingerprint density at radius 1 is 1.37 bits per heavy atom. The van der Waals surface area contributed by atoms with E-state index in [0.717, 1.165) is 16.3 Å². The minimum absolute atomic E-state index is 0.270. The first-order valence-electron chi connectivity index (χ1n) is 8.42. The number of ether oxygens (including phenoxy) is 1. The molecule has 27 heavy (non-hydrogen) atoms. The van der Waals surface area contributed by atoms with E-state index in [2.05, 4.69) is 10.4 Å². The lowest BCUT2D eigenvalue weighted by Crippen LogP contribution is -2.51. The average molecular weight is 402 g/mol. The highest BCUT2D eigenvalue weighted by atomic mass is 35.5. The second-order valence-corrected chi connectivity index (χ2v) is 7.20. The normalized spacial score (nSPS) is 20.0. The van der Waals surface area contributed by atoms with Crippen LogP contribution in [0.4, 0.5) is 13.2 Å². The van der Waals surface area contributed by atoms with E-state index in [4.69, 9.17) is 16.3 Å². The largest absolute Gasteiger partial charge is 0.435 e. The molecule has 1 unspecified atom stereocenters. The summed E-state index contributed by atoms with van der Waals surface area (Å²) in [6.07, 6.45) is -3.38. The quantitative estimate of drug-likeness (QED) is 0.835. The van der Waals surface area contributed by atoms with Crippen molar-refractivity contribution in [2.75, 3.05) is 13.2 Å². The monoisotopic (exact) mass is 401 g/mol. The van der Waals surface area contributed by atoms with Crippen molar-refractivity contribution in [3.63, 3.8) is 0 Å². The highest BCUT2D eigenvalue weighted by molar-refractivity contribution is 6.30. The number of alkyl halides is 3. The van der Waals surface area contributed by atoms with Gasteiger partial charge < -0.3 is 10.1 Å². The van der Waals surface area contributed by atoms with Crippen LogP contribution in [0.15, 0.2) is 30.3 Å². The fraction of sp³-hybridized carbons (Fsp3) is 0.444. The first-order valence-corrected chi connectivity index (χ1v) is 8.80. The van der Waals surface area contributed by atoms with Crippen LogP contribution in [0.1, 0.15) is 23.4 Å². The Morgan fingerprint density at radius 2 is 2.07 bits per heavy atom. The molecule has 1 aliphatic rings. The van der Waals surface area contributed by atoms with Crippen LogP contribution in [0, 0.1) is 6.92 Å². The summed E-state index contributed by atoms with van der Waals surface area (Å²) in [5, 5.41) is 7.06. The molecule has 2 heterocycles. The summed E-state index contributed by atoms with van der Waals surface area (Å²) in [6, 6.07) is 8.22. The molecule has 5 nitrogen and oxygen atoms in total. The Morgan fingerprint density at radius 3 is 2.63 bits per heavy atom. The summed E-state index contributed by atoms with van der Waals surface area (Å²) in [6.45, 7) is 2.04. The van der Waals surface area contributed by atoms with Crippen LogP contribution in [0.3, 0.4) is 0 Å². The van der Waals surface area contributed by atoms with Crippen LogP contribution in [0.5, 0.6) is 0 Å². The lowest BCUT2D eigenvalue weighted by atomic mass is 9.90. The van der Waals surface area contributed by atoms with Crippen molar-refractivity contribution in [3.05, 3.63) is 52.3 Å². The molecule has 1 aromatic carbocycles. The Labute approximate surface area is 159 Å². The minimum atomic E-state index is -4.54. The predicted molar refractivity (Wildman–Crippen MR) is 93.4 cm³/mol. The molecule has 1 aromatic heterocycles. The predicted octanol–water partition coefficient (Wildman–Crippen LogP) is 3.38. The van der Waals surface area contributed by atoms with Crippen LogP contribution in [0.2, 0.25) is 5.02 Å². The van der Waals surface area contributed by atoms with E-state index in [1.54, 1.807) is 12.1 Å². The molecule has 0 radical (unpaired) electrons. The van der Waals surface area contributed by atoms with Gasteiger partial charge in [0.1, 0.15) is 6.54 Å². The van der Waals surface area contributed by atoms with Gasteiger partial charge in [0, 0.05) is 17.3 Å². The van der Waals surface area contributed by atoms with Crippen molar-refractivity contribution in [2.45, 2.75) is 38.0 Å². The van der Waals surface area contributed by atoms with Gasteiger partial charge in [-0.1, -0.05) is 23.7 Å². The summed E-state index contributed by atoms with van der Waals surface area (Å²) in [5.41, 5.74) is -0.349. The van der Waals surface area contributed by atoms with Crippen LogP contribution < -0.4 is 5.32 Å². The molecule has 9 heteroatoms. The molecule has 1 saturated heterocycles. The number of rotatable bonds is 5. The Kier molecular flexibility index (Phi) is 5.48. The summed E-state index contributed by atoms with van der Waals surface area (Å²) >= 11 is 5.90. The number of nitrogens with zero attached hydrogens (tertiary/aromatic N) is 2. The van der Waals surface area contributed by atoms with Gasteiger partial charge in [-0.05, 0) is 43.5 Å². The molecule has 0 saturated carbocycles. The fourth-order valence-electron chi connectivity index (χ4n) is 3.16. The van der Waals surface area contributed by atoms with Crippen LogP contribution in [-0.2, 0) is 28.7 Å². The molecule has 1 aliphatic heterocycles. The minimum Gasteiger partial charge on any atom is -0.379 e. The van der Waals surface area contributed by atoms with Crippen LogP contribution in [0.25, 0.3) is 0 Å². The van der Waals surface area contributed by atoms with Gasteiger partial charge in [0.2, 0.25) is 5.91 Å². The van der Waals surface area contributed by atoms with Crippen LogP contribution >= 0.6 is 11.6 Å². The molecule has 0 spiro atoms. The fourth-order valence-corrected chi connectivity index (χ4v) is 3.29. The summed E-state index contributed by atoms with van der Waals surface area (Å²) in [7, 11) is 0. The molecular formula is C18H19ClF3N3O2. The van der Waals surface area contributed by atoms with Crippen molar-refractivity contribution in [3.8, 4) is 0 Å². The maximum absolute atomic E-state index is 12.8. The van der Waals surface area contributed by atoms with Gasteiger partial charge in [-0.3, -0.25) is 9.48 Å². The first-order chi connectivity index (χ1) is 12.7. The first kappa shape index (κ1) is 19.7. The lowest BCUT2D eigenvalue weighted by Gasteiger charge is -2.29. The molecule has 2 aromatic rings. The number of aromatic nitrogens is 2. The van der Waals surface area contributed by atoms with Crippen LogP contribution in [-0.4, -0.2) is 34.4 Å². The lowest BCUT2D eigenvalue weighted by molar-refractivity contribution is -0.141. The second kappa shape index (κ2) is 7.52. The van der Waals surface area contributed by atoms with Crippen molar-refractivity contribution < 1.29 is 22.7 Å². The van der Waals surface area contributed by atoms with Gasteiger partial charge in [-0.2, -0.15) is 18.3 Å². The number of amides is 1. The van der Waals surface area contributed by atoms with Gasteiger partial charge in [-0.25, -0.2) is 0 Å². The molecule has 1 atom stereocenters. The third-order valence-electron chi connectivity index (χ3n) is 4.53. The summed E-state index contributed by atoms with van der Waals surface area (Å²) in [5.74, 6) is -0.408. The number of carbonyl (C=O) groups excluding carboxylic acids is 1. The summed E-state index contributed by atoms with van der Waals surface area (Å²) in [4.78, 5) is 12.5. The zero-order chi connectivity index (χ0) is 19.7. The van der Waals surface area contributed by atoms with E-state index in [9.17, 15) is 18.0 Å². The van der Waals surface area contributed by atoms with E-state index in [0.29, 0.717) is 31.1 Å².